The number of amides is 2. The highest BCUT2D eigenvalue weighted by Crippen LogP contribution is 2.17. The molecule has 1 aromatic rings. The summed E-state index contributed by atoms with van der Waals surface area (Å²) in [4.78, 5) is 32.6. The molecule has 0 aromatic carbocycles. The highest BCUT2D eigenvalue weighted by Gasteiger charge is 2.19. The van der Waals surface area contributed by atoms with Crippen molar-refractivity contribution in [2.75, 3.05) is 44.7 Å². The fraction of sp³-hybridized carbons (Fsp3) is 0.632. The maximum Gasteiger partial charge on any atom is 0.252 e. The van der Waals surface area contributed by atoms with Crippen molar-refractivity contribution in [3.8, 4) is 0 Å². The average molecular weight is 359 g/mol. The summed E-state index contributed by atoms with van der Waals surface area (Å²) in [6.45, 7) is 3.86. The maximum absolute atomic E-state index is 12.3. The van der Waals surface area contributed by atoms with Crippen LogP contribution in [0.3, 0.4) is 0 Å². The Morgan fingerprint density at radius 1 is 1.31 bits per heavy atom. The van der Waals surface area contributed by atoms with Gasteiger partial charge in [-0.2, -0.15) is 0 Å². The number of pyridine rings is 1. The minimum atomic E-state index is -0.0739. The van der Waals surface area contributed by atoms with E-state index in [4.69, 9.17) is 0 Å². The molecule has 1 atom stereocenters. The average Bonchev–Trinajstić information content (AvgIpc) is 2.88. The Morgan fingerprint density at radius 2 is 2.19 bits per heavy atom. The van der Waals surface area contributed by atoms with Crippen molar-refractivity contribution < 1.29 is 9.59 Å². The van der Waals surface area contributed by atoms with Gasteiger partial charge in [0.25, 0.3) is 5.91 Å². The Kier molecular flexibility index (Phi) is 6.44. The lowest BCUT2D eigenvalue weighted by molar-refractivity contribution is -0.120. The molecule has 3 heterocycles. The Labute approximate surface area is 155 Å². The van der Waals surface area contributed by atoms with E-state index in [-0.39, 0.29) is 11.8 Å². The van der Waals surface area contributed by atoms with Crippen molar-refractivity contribution in [3.63, 3.8) is 0 Å². The first-order chi connectivity index (χ1) is 12.6. The molecule has 2 saturated heterocycles. The van der Waals surface area contributed by atoms with Crippen LogP contribution in [0.2, 0.25) is 0 Å². The van der Waals surface area contributed by atoms with Gasteiger partial charge in [-0.15, -0.1) is 0 Å². The van der Waals surface area contributed by atoms with Gasteiger partial charge >= 0.3 is 0 Å². The summed E-state index contributed by atoms with van der Waals surface area (Å²) in [5.74, 6) is 0.809. The van der Waals surface area contributed by atoms with E-state index >= 15 is 0 Å². The number of rotatable bonds is 5. The predicted octanol–water partition coefficient (Wildman–Crippen LogP) is 1.01. The molecule has 3 rings (SSSR count). The second-order valence-corrected chi connectivity index (χ2v) is 7.17. The van der Waals surface area contributed by atoms with Gasteiger partial charge < -0.3 is 20.4 Å². The van der Waals surface area contributed by atoms with Gasteiger partial charge in [0.2, 0.25) is 5.91 Å². The third-order valence-corrected chi connectivity index (χ3v) is 5.33. The molecule has 0 bridgehead atoms. The standard InChI is InChI=1S/C19H29N5O2/c1-23-11-3-2-4-16(23)7-9-21-19(26)15-5-6-17(22-14-15)24-12-8-18(25)20-10-13-24/h5-6,14,16H,2-4,7-13H2,1H3,(H,20,25)(H,21,26). The van der Waals surface area contributed by atoms with Gasteiger partial charge in [0.15, 0.2) is 0 Å². The zero-order valence-electron chi connectivity index (χ0n) is 15.5. The van der Waals surface area contributed by atoms with Crippen LogP contribution in [0, 0.1) is 0 Å². The number of anilines is 1. The minimum Gasteiger partial charge on any atom is -0.354 e. The summed E-state index contributed by atoms with van der Waals surface area (Å²) >= 11 is 0. The van der Waals surface area contributed by atoms with Crippen LogP contribution in [-0.2, 0) is 4.79 Å². The van der Waals surface area contributed by atoms with Gasteiger partial charge in [0.05, 0.1) is 5.56 Å². The van der Waals surface area contributed by atoms with Crippen molar-refractivity contribution in [2.45, 2.75) is 38.1 Å². The highest BCUT2D eigenvalue weighted by atomic mass is 16.2. The van der Waals surface area contributed by atoms with E-state index in [1.165, 1.54) is 19.3 Å². The summed E-state index contributed by atoms with van der Waals surface area (Å²) in [5, 5.41) is 5.86. The van der Waals surface area contributed by atoms with Crippen LogP contribution in [0.25, 0.3) is 0 Å². The molecule has 0 radical (unpaired) electrons. The Balaban J connectivity index is 1.48. The van der Waals surface area contributed by atoms with Crippen LogP contribution >= 0.6 is 0 Å². The SMILES string of the molecule is CN1CCCCC1CCNC(=O)c1ccc(N2CCNC(=O)CC2)nc1. The Morgan fingerprint density at radius 3 is 2.96 bits per heavy atom. The van der Waals surface area contributed by atoms with E-state index < -0.39 is 0 Å². The molecule has 0 aliphatic carbocycles. The van der Waals surface area contributed by atoms with E-state index in [1.54, 1.807) is 6.20 Å². The summed E-state index contributed by atoms with van der Waals surface area (Å²) in [5.41, 5.74) is 0.578. The number of aromatic nitrogens is 1. The molecular formula is C19H29N5O2. The number of hydrogen-bond donors (Lipinski definition) is 2. The van der Waals surface area contributed by atoms with E-state index in [9.17, 15) is 9.59 Å². The van der Waals surface area contributed by atoms with Crippen LogP contribution in [0.1, 0.15) is 42.5 Å². The Bertz CT molecular complexity index is 619. The summed E-state index contributed by atoms with van der Waals surface area (Å²) in [6, 6.07) is 4.24. The first-order valence-electron chi connectivity index (χ1n) is 9.59. The molecule has 2 amide bonds. The topological polar surface area (TPSA) is 77.6 Å². The number of likely N-dealkylation sites (tertiary alicyclic amines) is 1. The first-order valence-corrected chi connectivity index (χ1v) is 9.59. The number of nitrogens with one attached hydrogen (secondary N) is 2. The van der Waals surface area contributed by atoms with Crippen molar-refractivity contribution in [1.82, 2.24) is 20.5 Å². The van der Waals surface area contributed by atoms with Crippen molar-refractivity contribution >= 4 is 17.6 Å². The zero-order chi connectivity index (χ0) is 18.4. The molecular weight excluding hydrogens is 330 g/mol. The largest absolute Gasteiger partial charge is 0.354 e. The normalized spacial score (nSPS) is 21.8. The quantitative estimate of drug-likeness (QED) is 0.821. The van der Waals surface area contributed by atoms with Gasteiger partial charge in [-0.1, -0.05) is 6.42 Å². The van der Waals surface area contributed by atoms with Crippen LogP contribution in [0.5, 0.6) is 0 Å². The predicted molar refractivity (Wildman–Crippen MR) is 101 cm³/mol. The second-order valence-electron chi connectivity index (χ2n) is 7.17. The van der Waals surface area contributed by atoms with Gasteiger partial charge in [-0.05, 0) is 45.0 Å². The highest BCUT2D eigenvalue weighted by molar-refractivity contribution is 5.94. The van der Waals surface area contributed by atoms with Crippen LogP contribution in [0.15, 0.2) is 18.3 Å². The third-order valence-electron chi connectivity index (χ3n) is 5.33. The molecule has 2 aliphatic rings. The summed E-state index contributed by atoms with van der Waals surface area (Å²) in [6.07, 6.45) is 6.86. The van der Waals surface area contributed by atoms with Gasteiger partial charge in [0, 0.05) is 44.8 Å². The molecule has 142 valence electrons. The lowest BCUT2D eigenvalue weighted by Crippen LogP contribution is -2.39. The molecule has 1 unspecified atom stereocenters. The van der Waals surface area contributed by atoms with E-state index in [1.807, 2.05) is 12.1 Å². The molecule has 2 aliphatic heterocycles. The number of nitrogens with zero attached hydrogens (tertiary/aromatic N) is 3. The lowest BCUT2D eigenvalue weighted by atomic mass is 10.0. The van der Waals surface area contributed by atoms with E-state index in [0.717, 1.165) is 25.3 Å². The van der Waals surface area contributed by atoms with Crippen molar-refractivity contribution in [2.24, 2.45) is 0 Å². The van der Waals surface area contributed by atoms with E-state index in [2.05, 4.69) is 32.5 Å². The zero-order valence-corrected chi connectivity index (χ0v) is 15.5. The van der Waals surface area contributed by atoms with Crippen molar-refractivity contribution in [1.29, 1.82) is 0 Å². The van der Waals surface area contributed by atoms with E-state index in [0.29, 0.717) is 37.7 Å². The molecule has 1 aromatic heterocycles. The number of hydrogen-bond acceptors (Lipinski definition) is 5. The van der Waals surface area contributed by atoms with Gasteiger partial charge in [-0.25, -0.2) is 4.98 Å². The van der Waals surface area contributed by atoms with Gasteiger partial charge in [0.1, 0.15) is 5.82 Å². The monoisotopic (exact) mass is 359 g/mol. The smallest absolute Gasteiger partial charge is 0.252 e. The maximum atomic E-state index is 12.3. The van der Waals surface area contributed by atoms with Crippen LogP contribution < -0.4 is 15.5 Å². The number of carbonyl (C=O) groups is 2. The van der Waals surface area contributed by atoms with Crippen LogP contribution in [-0.4, -0.2) is 67.5 Å². The van der Waals surface area contributed by atoms with Crippen LogP contribution in [0.4, 0.5) is 5.82 Å². The fourth-order valence-corrected chi connectivity index (χ4v) is 3.67. The molecule has 2 fully saturated rings. The molecule has 0 saturated carbocycles. The summed E-state index contributed by atoms with van der Waals surface area (Å²) < 4.78 is 0. The van der Waals surface area contributed by atoms with Gasteiger partial charge in [-0.3, -0.25) is 9.59 Å². The number of carbonyl (C=O) groups excluding carboxylic acids is 2. The molecule has 2 N–H and O–H groups in total. The third kappa shape index (κ3) is 4.94. The minimum absolute atomic E-state index is 0.0739. The fourth-order valence-electron chi connectivity index (χ4n) is 3.67. The molecule has 7 heteroatoms. The lowest BCUT2D eigenvalue weighted by Gasteiger charge is -2.32. The second kappa shape index (κ2) is 8.98. The molecule has 7 nitrogen and oxygen atoms in total. The molecule has 26 heavy (non-hydrogen) atoms. The molecule has 0 spiro atoms. The Hall–Kier alpha value is -2.15. The number of piperidine rings is 1. The van der Waals surface area contributed by atoms with Crippen molar-refractivity contribution in [3.05, 3.63) is 23.9 Å². The summed E-state index contributed by atoms with van der Waals surface area (Å²) in [7, 11) is 2.17. The first kappa shape index (κ1) is 18.6.